The lowest BCUT2D eigenvalue weighted by Gasteiger charge is -2.39. The Morgan fingerprint density at radius 2 is 1.90 bits per heavy atom. The van der Waals surface area contributed by atoms with E-state index in [0.29, 0.717) is 13.0 Å². The summed E-state index contributed by atoms with van der Waals surface area (Å²) in [7, 11) is 0. The number of carbonyl (C=O) groups excluding carboxylic acids is 2. The molecule has 170 valence electrons. The fourth-order valence-electron chi connectivity index (χ4n) is 4.29. The van der Waals surface area contributed by atoms with Crippen LogP contribution in [0.5, 0.6) is 0 Å². The van der Waals surface area contributed by atoms with Gasteiger partial charge in [-0.3, -0.25) is 13.5 Å². The summed E-state index contributed by atoms with van der Waals surface area (Å²) in [6.45, 7) is 17.5. The second-order valence-electron chi connectivity index (χ2n) is 10.5. The molecule has 1 saturated carbocycles. The van der Waals surface area contributed by atoms with Gasteiger partial charge in [0.25, 0.3) is 5.91 Å². The Morgan fingerprint density at radius 3 is 2.47 bits per heavy atom. The number of aromatic nitrogens is 1. The van der Waals surface area contributed by atoms with Crippen LogP contribution in [0.3, 0.4) is 0 Å². The molecule has 0 unspecified atom stereocenters. The molecule has 1 aliphatic rings. The SMILES string of the molecule is CCCCc1cn(C(C)(C)C)s/c1=N\C(=O)[C@@H]1CC[C@](C)(C(=O)NCCC)C1(C)C. The van der Waals surface area contributed by atoms with Crippen molar-refractivity contribution >= 4 is 23.3 Å². The first-order valence-electron chi connectivity index (χ1n) is 11.5. The minimum Gasteiger partial charge on any atom is -0.356 e. The third kappa shape index (κ3) is 4.90. The maximum absolute atomic E-state index is 13.3. The quantitative estimate of drug-likeness (QED) is 0.652. The molecule has 0 saturated heterocycles. The summed E-state index contributed by atoms with van der Waals surface area (Å²) >= 11 is 1.57. The number of nitrogens with one attached hydrogen (secondary N) is 1. The topological polar surface area (TPSA) is 63.5 Å². The first-order chi connectivity index (χ1) is 13.9. The Bertz CT molecular complexity index is 828. The van der Waals surface area contributed by atoms with Gasteiger partial charge in [-0.25, -0.2) is 4.99 Å². The summed E-state index contributed by atoms with van der Waals surface area (Å²) in [6.07, 6.45) is 7.63. The van der Waals surface area contributed by atoms with E-state index in [4.69, 9.17) is 0 Å². The van der Waals surface area contributed by atoms with E-state index in [-0.39, 0.29) is 23.3 Å². The molecule has 0 spiro atoms. The largest absolute Gasteiger partial charge is 0.356 e. The van der Waals surface area contributed by atoms with Crippen LogP contribution in [0.25, 0.3) is 0 Å². The average Bonchev–Trinajstić information content (AvgIpc) is 3.16. The molecular weight excluding hydrogens is 394 g/mol. The number of amides is 2. The van der Waals surface area contributed by atoms with Gasteiger partial charge < -0.3 is 5.32 Å². The third-order valence-corrected chi connectivity index (χ3v) is 8.34. The summed E-state index contributed by atoms with van der Waals surface area (Å²) in [4.78, 5) is 30.9. The van der Waals surface area contributed by atoms with E-state index in [1.165, 1.54) is 0 Å². The summed E-state index contributed by atoms with van der Waals surface area (Å²) in [5.74, 6) is -0.248. The predicted molar refractivity (Wildman–Crippen MR) is 124 cm³/mol. The molecule has 1 aromatic heterocycles. The molecule has 1 N–H and O–H groups in total. The molecule has 0 aromatic carbocycles. The standard InChI is InChI=1S/C24H41N3O2S/c1-9-11-12-17-16-27(22(3,4)5)30-20(17)26-19(28)18-13-14-24(8,23(18,6)7)21(29)25-15-10-2/h16,18H,9-15H2,1-8H3,(H,25,29)/b26-20-/t18-,24+/m0/s1. The first-order valence-corrected chi connectivity index (χ1v) is 12.2. The van der Waals surface area contributed by atoms with E-state index >= 15 is 0 Å². The number of hydrogen-bond acceptors (Lipinski definition) is 3. The number of rotatable bonds is 7. The summed E-state index contributed by atoms with van der Waals surface area (Å²) in [5.41, 5.74) is 0.130. The van der Waals surface area contributed by atoms with E-state index in [1.807, 2.05) is 6.92 Å². The van der Waals surface area contributed by atoms with Gasteiger partial charge in [-0.05, 0) is 69.8 Å². The van der Waals surface area contributed by atoms with Gasteiger partial charge in [-0.2, -0.15) is 0 Å². The minimum absolute atomic E-state index is 0.0367. The van der Waals surface area contributed by atoms with E-state index in [0.717, 1.165) is 42.3 Å². The molecule has 2 atom stereocenters. The Morgan fingerprint density at radius 1 is 1.23 bits per heavy atom. The summed E-state index contributed by atoms with van der Waals surface area (Å²) in [5, 5.41) is 3.05. The lowest BCUT2D eigenvalue weighted by Crippen LogP contribution is -2.48. The van der Waals surface area contributed by atoms with Crippen LogP contribution < -0.4 is 9.99 Å². The first kappa shape index (κ1) is 24.8. The maximum atomic E-state index is 13.3. The Balaban J connectivity index is 2.36. The van der Waals surface area contributed by atoms with Crippen LogP contribution >= 0.6 is 11.5 Å². The van der Waals surface area contributed by atoms with Crippen molar-refractivity contribution in [1.82, 2.24) is 9.27 Å². The van der Waals surface area contributed by atoms with Crippen molar-refractivity contribution < 1.29 is 9.59 Å². The van der Waals surface area contributed by atoms with Crippen LogP contribution in [0.1, 0.15) is 93.1 Å². The molecule has 2 amide bonds. The van der Waals surface area contributed by atoms with Crippen LogP contribution in [0.15, 0.2) is 11.2 Å². The lowest BCUT2D eigenvalue weighted by atomic mass is 9.65. The molecule has 6 heteroatoms. The Kier molecular flexibility index (Phi) is 7.76. The normalized spacial score (nSPS) is 24.3. The molecule has 1 aliphatic carbocycles. The zero-order valence-corrected chi connectivity index (χ0v) is 21.0. The molecule has 1 aromatic rings. The maximum Gasteiger partial charge on any atom is 0.250 e. The highest BCUT2D eigenvalue weighted by Crippen LogP contribution is 2.56. The van der Waals surface area contributed by atoms with Crippen LogP contribution in [0, 0.1) is 16.7 Å². The molecule has 0 radical (unpaired) electrons. The van der Waals surface area contributed by atoms with Crippen LogP contribution in [0.2, 0.25) is 0 Å². The number of aryl methyl sites for hydroxylation is 1. The van der Waals surface area contributed by atoms with E-state index in [2.05, 4.69) is 68.9 Å². The predicted octanol–water partition coefficient (Wildman–Crippen LogP) is 5.04. The second kappa shape index (κ2) is 9.37. The third-order valence-electron chi connectivity index (χ3n) is 6.97. The number of nitrogens with zero attached hydrogens (tertiary/aromatic N) is 2. The number of carbonyl (C=O) groups is 2. The van der Waals surface area contributed by atoms with Gasteiger partial charge in [0, 0.05) is 29.8 Å². The highest BCUT2D eigenvalue weighted by Gasteiger charge is 2.57. The van der Waals surface area contributed by atoms with E-state index in [1.54, 1.807) is 11.5 Å². The van der Waals surface area contributed by atoms with E-state index < -0.39 is 10.8 Å². The molecule has 0 aliphatic heterocycles. The van der Waals surface area contributed by atoms with Crippen LogP contribution in [-0.2, 0) is 21.5 Å². The van der Waals surface area contributed by atoms with Crippen molar-refractivity contribution in [2.75, 3.05) is 6.54 Å². The van der Waals surface area contributed by atoms with Crippen molar-refractivity contribution in [3.63, 3.8) is 0 Å². The summed E-state index contributed by atoms with van der Waals surface area (Å²) in [6, 6.07) is 0. The van der Waals surface area contributed by atoms with Crippen molar-refractivity contribution in [1.29, 1.82) is 0 Å². The van der Waals surface area contributed by atoms with E-state index in [9.17, 15) is 9.59 Å². The minimum atomic E-state index is -0.552. The highest BCUT2D eigenvalue weighted by atomic mass is 32.1. The van der Waals surface area contributed by atoms with Crippen molar-refractivity contribution in [3.8, 4) is 0 Å². The van der Waals surface area contributed by atoms with Gasteiger partial charge in [0.15, 0.2) is 0 Å². The van der Waals surface area contributed by atoms with Gasteiger partial charge in [0.2, 0.25) is 5.91 Å². The van der Waals surface area contributed by atoms with Gasteiger partial charge in [0.05, 0.1) is 5.41 Å². The number of hydrogen-bond donors (Lipinski definition) is 1. The number of unbranched alkanes of at least 4 members (excludes halogenated alkanes) is 1. The second-order valence-corrected chi connectivity index (χ2v) is 11.5. The smallest absolute Gasteiger partial charge is 0.250 e. The van der Waals surface area contributed by atoms with Gasteiger partial charge in [0.1, 0.15) is 4.67 Å². The molecule has 5 nitrogen and oxygen atoms in total. The van der Waals surface area contributed by atoms with Gasteiger partial charge in [-0.1, -0.05) is 41.0 Å². The average molecular weight is 436 g/mol. The van der Waals surface area contributed by atoms with Crippen molar-refractivity contribution in [2.24, 2.45) is 21.7 Å². The van der Waals surface area contributed by atoms with Crippen molar-refractivity contribution in [2.45, 2.75) is 99.5 Å². The van der Waals surface area contributed by atoms with Gasteiger partial charge >= 0.3 is 0 Å². The Hall–Kier alpha value is -1.43. The highest BCUT2D eigenvalue weighted by molar-refractivity contribution is 7.04. The lowest BCUT2D eigenvalue weighted by molar-refractivity contribution is -0.138. The molecular formula is C24H41N3O2S. The fraction of sp³-hybridized carbons (Fsp3) is 0.792. The monoisotopic (exact) mass is 435 g/mol. The van der Waals surface area contributed by atoms with Crippen molar-refractivity contribution in [3.05, 3.63) is 16.4 Å². The molecule has 0 bridgehead atoms. The Labute approximate surface area is 186 Å². The van der Waals surface area contributed by atoms with Gasteiger partial charge in [-0.15, -0.1) is 0 Å². The molecule has 30 heavy (non-hydrogen) atoms. The zero-order chi connectivity index (χ0) is 22.7. The summed E-state index contributed by atoms with van der Waals surface area (Å²) < 4.78 is 3.04. The molecule has 2 rings (SSSR count). The zero-order valence-electron chi connectivity index (χ0n) is 20.2. The molecule has 1 fully saturated rings. The van der Waals surface area contributed by atoms with Crippen LogP contribution in [-0.4, -0.2) is 22.3 Å². The van der Waals surface area contributed by atoms with Crippen LogP contribution in [0.4, 0.5) is 0 Å². The fourth-order valence-corrected chi connectivity index (χ4v) is 5.33. The molecule has 1 heterocycles.